The normalized spacial score (nSPS) is 10.1. The van der Waals surface area contributed by atoms with Crippen molar-refractivity contribution in [2.45, 2.75) is 0 Å². The van der Waals surface area contributed by atoms with Gasteiger partial charge in [-0.25, -0.2) is 4.39 Å². The number of aromatic hydroxyl groups is 1. The second-order valence-corrected chi connectivity index (χ2v) is 2.87. The minimum absolute atomic E-state index is 0.0591. The number of aromatic nitrogens is 1. The number of hydrogen-bond donors (Lipinski definition) is 1. The van der Waals surface area contributed by atoms with E-state index >= 15 is 0 Å². The van der Waals surface area contributed by atoms with Crippen LogP contribution in [0.15, 0.2) is 42.7 Å². The summed E-state index contributed by atoms with van der Waals surface area (Å²) in [5.41, 5.74) is 0.838. The summed E-state index contributed by atoms with van der Waals surface area (Å²) < 4.78 is 13.4. The van der Waals surface area contributed by atoms with Crippen LogP contribution in [0.2, 0.25) is 0 Å². The molecule has 0 bridgehead atoms. The fraction of sp³-hybridized carbons (Fsp3) is 0. The maximum absolute atomic E-state index is 13.4. The van der Waals surface area contributed by atoms with Crippen LogP contribution in [0.25, 0.3) is 11.1 Å². The van der Waals surface area contributed by atoms with E-state index in [0.717, 1.165) is 0 Å². The molecule has 0 spiro atoms. The van der Waals surface area contributed by atoms with Crippen LogP contribution in [0.1, 0.15) is 0 Å². The third-order valence-electron chi connectivity index (χ3n) is 1.96. The summed E-state index contributed by atoms with van der Waals surface area (Å²) in [4.78, 5) is 3.83. The molecule has 2 nitrogen and oxygen atoms in total. The highest BCUT2D eigenvalue weighted by Crippen LogP contribution is 2.30. The lowest BCUT2D eigenvalue weighted by Crippen LogP contribution is -1.84. The Morgan fingerprint density at radius 2 is 1.79 bits per heavy atom. The van der Waals surface area contributed by atoms with Gasteiger partial charge in [-0.2, -0.15) is 0 Å². The molecule has 0 atom stereocenters. The monoisotopic (exact) mass is 189 g/mol. The van der Waals surface area contributed by atoms with Crippen molar-refractivity contribution in [3.8, 4) is 16.9 Å². The summed E-state index contributed by atoms with van der Waals surface area (Å²) in [6.07, 6.45) is 3.11. The van der Waals surface area contributed by atoms with Crippen LogP contribution >= 0.6 is 0 Å². The van der Waals surface area contributed by atoms with Gasteiger partial charge >= 0.3 is 0 Å². The van der Waals surface area contributed by atoms with Crippen LogP contribution in [0.5, 0.6) is 5.75 Å². The minimum atomic E-state index is -0.434. The molecule has 0 unspecified atom stereocenters. The van der Waals surface area contributed by atoms with Crippen molar-refractivity contribution >= 4 is 0 Å². The molecule has 14 heavy (non-hydrogen) atoms. The van der Waals surface area contributed by atoms with Gasteiger partial charge in [0.1, 0.15) is 11.6 Å². The molecular weight excluding hydrogens is 181 g/mol. The molecule has 0 saturated heterocycles. The average Bonchev–Trinajstić information content (AvgIpc) is 2.19. The van der Waals surface area contributed by atoms with E-state index in [-0.39, 0.29) is 11.3 Å². The van der Waals surface area contributed by atoms with Crippen LogP contribution in [0.4, 0.5) is 4.39 Å². The summed E-state index contributed by atoms with van der Waals surface area (Å²) in [6.45, 7) is 0. The predicted octanol–water partition coefficient (Wildman–Crippen LogP) is 2.59. The van der Waals surface area contributed by atoms with Gasteiger partial charge in [-0.3, -0.25) is 4.98 Å². The highest BCUT2D eigenvalue weighted by atomic mass is 19.1. The van der Waals surface area contributed by atoms with Gasteiger partial charge in [0.05, 0.1) is 5.56 Å². The molecule has 3 heteroatoms. The summed E-state index contributed by atoms with van der Waals surface area (Å²) in [5, 5.41) is 9.48. The van der Waals surface area contributed by atoms with E-state index in [2.05, 4.69) is 4.98 Å². The van der Waals surface area contributed by atoms with E-state index in [9.17, 15) is 9.50 Å². The molecule has 0 fully saturated rings. The summed E-state index contributed by atoms with van der Waals surface area (Å²) in [6, 6.07) is 7.54. The molecule has 70 valence electrons. The first-order chi connectivity index (χ1) is 6.79. The zero-order chi connectivity index (χ0) is 9.97. The number of phenols is 1. The Balaban J connectivity index is 2.63. The molecule has 0 aliphatic heterocycles. The topological polar surface area (TPSA) is 33.1 Å². The molecular formula is C11H8FNO. The Labute approximate surface area is 80.7 Å². The summed E-state index contributed by atoms with van der Waals surface area (Å²) >= 11 is 0. The number of phenolic OH excluding ortho intramolecular Hbond substituents is 1. The maximum atomic E-state index is 13.4. The van der Waals surface area contributed by atoms with Gasteiger partial charge in [0.2, 0.25) is 0 Å². The van der Waals surface area contributed by atoms with Crippen molar-refractivity contribution < 1.29 is 9.50 Å². The van der Waals surface area contributed by atoms with Crippen molar-refractivity contribution in [1.29, 1.82) is 0 Å². The standard InChI is InChI=1S/C11H8FNO/c12-9-2-1-3-10(14)11(9)8-4-6-13-7-5-8/h1-7,14H. The van der Waals surface area contributed by atoms with Crippen LogP contribution in [-0.4, -0.2) is 10.1 Å². The zero-order valence-electron chi connectivity index (χ0n) is 7.31. The highest BCUT2D eigenvalue weighted by Gasteiger charge is 2.08. The molecule has 1 aromatic heterocycles. The van der Waals surface area contributed by atoms with Gasteiger partial charge in [0, 0.05) is 12.4 Å². The van der Waals surface area contributed by atoms with Crippen molar-refractivity contribution in [2.75, 3.05) is 0 Å². The van der Waals surface area contributed by atoms with Gasteiger partial charge in [0.15, 0.2) is 0 Å². The van der Waals surface area contributed by atoms with E-state index in [4.69, 9.17) is 0 Å². The third-order valence-corrected chi connectivity index (χ3v) is 1.96. The first-order valence-electron chi connectivity index (χ1n) is 4.17. The SMILES string of the molecule is Oc1cccc(F)c1-c1ccncc1. The zero-order valence-corrected chi connectivity index (χ0v) is 7.31. The molecule has 0 radical (unpaired) electrons. The minimum Gasteiger partial charge on any atom is -0.507 e. The van der Waals surface area contributed by atoms with Crippen molar-refractivity contribution in [3.05, 3.63) is 48.5 Å². The predicted molar refractivity (Wildman–Crippen MR) is 51.3 cm³/mol. The number of rotatable bonds is 1. The lowest BCUT2D eigenvalue weighted by atomic mass is 10.1. The largest absolute Gasteiger partial charge is 0.507 e. The molecule has 0 saturated carbocycles. The smallest absolute Gasteiger partial charge is 0.134 e. The van der Waals surface area contributed by atoms with Crippen molar-refractivity contribution in [2.24, 2.45) is 0 Å². The quantitative estimate of drug-likeness (QED) is 0.747. The Morgan fingerprint density at radius 3 is 2.43 bits per heavy atom. The van der Waals surface area contributed by atoms with Crippen LogP contribution in [0, 0.1) is 5.82 Å². The van der Waals surface area contributed by atoms with Gasteiger partial charge in [-0.05, 0) is 29.8 Å². The first-order valence-corrected chi connectivity index (χ1v) is 4.17. The number of nitrogens with zero attached hydrogens (tertiary/aromatic N) is 1. The Kier molecular flexibility index (Phi) is 2.14. The van der Waals surface area contributed by atoms with E-state index < -0.39 is 5.82 Å². The Hall–Kier alpha value is -1.90. The molecule has 1 heterocycles. The summed E-state index contributed by atoms with van der Waals surface area (Å²) in [7, 11) is 0. The molecule has 1 aromatic carbocycles. The van der Waals surface area contributed by atoms with Crippen molar-refractivity contribution in [1.82, 2.24) is 4.98 Å². The Bertz CT molecular complexity index is 422. The number of pyridine rings is 1. The molecule has 0 amide bonds. The van der Waals surface area contributed by atoms with E-state index in [1.807, 2.05) is 0 Å². The molecule has 0 aliphatic rings. The van der Waals surface area contributed by atoms with Crippen LogP contribution in [0.3, 0.4) is 0 Å². The van der Waals surface area contributed by atoms with Gasteiger partial charge in [0.25, 0.3) is 0 Å². The number of hydrogen-bond acceptors (Lipinski definition) is 2. The number of benzene rings is 1. The molecule has 0 aliphatic carbocycles. The van der Waals surface area contributed by atoms with Gasteiger partial charge in [-0.1, -0.05) is 6.07 Å². The van der Waals surface area contributed by atoms with Crippen LogP contribution < -0.4 is 0 Å². The maximum Gasteiger partial charge on any atom is 0.134 e. The van der Waals surface area contributed by atoms with E-state index in [1.54, 1.807) is 24.5 Å². The molecule has 1 N–H and O–H groups in total. The lowest BCUT2D eigenvalue weighted by Gasteiger charge is -2.04. The second-order valence-electron chi connectivity index (χ2n) is 2.87. The summed E-state index contributed by atoms with van der Waals surface area (Å²) in [5.74, 6) is -0.493. The highest BCUT2D eigenvalue weighted by molar-refractivity contribution is 5.70. The molecule has 2 rings (SSSR count). The second kappa shape index (κ2) is 3.46. The van der Waals surface area contributed by atoms with E-state index in [1.165, 1.54) is 18.2 Å². The first kappa shape index (κ1) is 8.69. The van der Waals surface area contributed by atoms with Crippen LogP contribution in [-0.2, 0) is 0 Å². The lowest BCUT2D eigenvalue weighted by molar-refractivity contribution is 0.472. The Morgan fingerprint density at radius 1 is 1.07 bits per heavy atom. The number of halogens is 1. The fourth-order valence-corrected chi connectivity index (χ4v) is 1.32. The molecule has 2 aromatic rings. The van der Waals surface area contributed by atoms with E-state index in [0.29, 0.717) is 5.56 Å². The van der Waals surface area contributed by atoms with Gasteiger partial charge < -0.3 is 5.11 Å². The fourth-order valence-electron chi connectivity index (χ4n) is 1.32. The van der Waals surface area contributed by atoms with Crippen molar-refractivity contribution in [3.63, 3.8) is 0 Å². The average molecular weight is 189 g/mol. The third kappa shape index (κ3) is 1.44. The van der Waals surface area contributed by atoms with Gasteiger partial charge in [-0.15, -0.1) is 0 Å².